The molecule has 21 heavy (non-hydrogen) atoms. The van der Waals surface area contributed by atoms with E-state index >= 15 is 0 Å². The summed E-state index contributed by atoms with van der Waals surface area (Å²) in [6, 6.07) is -0.415. The molecule has 2 rings (SSSR count). The molecule has 2 fully saturated rings. The molecule has 2 N–H and O–H groups in total. The third-order valence-electron chi connectivity index (χ3n) is 4.34. The highest BCUT2D eigenvalue weighted by Crippen LogP contribution is 2.31. The number of amides is 2. The fraction of sp³-hybridized carbons (Fsp3) is 0.875. The standard InChI is InChI=1S/C16H28N2O3/c1-11(2)7-14(18(10-19)9-13-5-6-13)15(20)16(21)17-8-12-3-4-12/h10-15,20H,3-9H2,1-2H3,(H,17,21). The van der Waals surface area contributed by atoms with E-state index in [9.17, 15) is 14.7 Å². The van der Waals surface area contributed by atoms with Crippen LogP contribution in [-0.4, -0.2) is 47.6 Å². The lowest BCUT2D eigenvalue weighted by Gasteiger charge is -2.32. The Bertz CT molecular complexity index is 365. The molecule has 0 saturated heterocycles. The van der Waals surface area contributed by atoms with Gasteiger partial charge in [-0.3, -0.25) is 9.59 Å². The maximum absolute atomic E-state index is 12.1. The molecule has 2 saturated carbocycles. The highest BCUT2D eigenvalue weighted by atomic mass is 16.3. The second kappa shape index (κ2) is 7.25. The van der Waals surface area contributed by atoms with Crippen molar-refractivity contribution in [2.24, 2.45) is 17.8 Å². The average Bonchev–Trinajstić information content (AvgIpc) is 3.33. The van der Waals surface area contributed by atoms with E-state index in [0.29, 0.717) is 37.3 Å². The zero-order valence-electron chi connectivity index (χ0n) is 13.1. The summed E-state index contributed by atoms with van der Waals surface area (Å²) >= 11 is 0. The van der Waals surface area contributed by atoms with Gasteiger partial charge in [-0.25, -0.2) is 0 Å². The molecular weight excluding hydrogens is 268 g/mol. The summed E-state index contributed by atoms with van der Waals surface area (Å²) in [4.78, 5) is 25.1. The molecule has 0 aromatic heterocycles. The zero-order chi connectivity index (χ0) is 15.4. The summed E-state index contributed by atoms with van der Waals surface area (Å²) in [7, 11) is 0. The normalized spacial score (nSPS) is 21.0. The van der Waals surface area contributed by atoms with Gasteiger partial charge in [0.2, 0.25) is 6.41 Å². The monoisotopic (exact) mass is 296 g/mol. The molecule has 0 radical (unpaired) electrons. The molecule has 2 aliphatic carbocycles. The summed E-state index contributed by atoms with van der Waals surface area (Å²) in [5.41, 5.74) is 0. The highest BCUT2D eigenvalue weighted by Gasteiger charge is 2.35. The van der Waals surface area contributed by atoms with Crippen LogP contribution in [-0.2, 0) is 9.59 Å². The van der Waals surface area contributed by atoms with Crippen molar-refractivity contribution in [1.82, 2.24) is 10.2 Å². The Morgan fingerprint density at radius 3 is 2.38 bits per heavy atom. The van der Waals surface area contributed by atoms with Crippen LogP contribution in [0.2, 0.25) is 0 Å². The maximum atomic E-state index is 12.1. The molecule has 2 aliphatic rings. The van der Waals surface area contributed by atoms with Crippen molar-refractivity contribution in [3.05, 3.63) is 0 Å². The fourth-order valence-corrected chi connectivity index (χ4v) is 2.63. The summed E-state index contributed by atoms with van der Waals surface area (Å²) < 4.78 is 0. The third kappa shape index (κ3) is 5.30. The minimum absolute atomic E-state index is 0.322. The van der Waals surface area contributed by atoms with E-state index in [1.165, 1.54) is 0 Å². The van der Waals surface area contributed by atoms with Crippen LogP contribution < -0.4 is 5.32 Å². The number of aliphatic hydroxyl groups excluding tert-OH is 1. The summed E-state index contributed by atoms with van der Waals surface area (Å²) in [6.45, 7) is 5.39. The first-order valence-corrected chi connectivity index (χ1v) is 8.18. The van der Waals surface area contributed by atoms with Crippen molar-refractivity contribution in [2.75, 3.05) is 13.1 Å². The van der Waals surface area contributed by atoms with Crippen molar-refractivity contribution < 1.29 is 14.7 Å². The molecule has 2 atom stereocenters. The number of aliphatic hydroxyl groups is 1. The molecule has 5 nitrogen and oxygen atoms in total. The molecule has 0 aliphatic heterocycles. The van der Waals surface area contributed by atoms with Gasteiger partial charge in [-0.05, 0) is 49.9 Å². The molecule has 2 amide bonds. The summed E-state index contributed by atoms with van der Waals surface area (Å²) in [6.07, 6.45) is 4.91. The number of rotatable bonds is 10. The lowest BCUT2D eigenvalue weighted by Crippen LogP contribution is -2.51. The Morgan fingerprint density at radius 1 is 1.29 bits per heavy atom. The predicted molar refractivity (Wildman–Crippen MR) is 80.5 cm³/mol. The van der Waals surface area contributed by atoms with Gasteiger partial charge in [0.05, 0.1) is 6.04 Å². The van der Waals surface area contributed by atoms with Crippen molar-refractivity contribution in [3.8, 4) is 0 Å². The molecule has 120 valence electrons. The highest BCUT2D eigenvalue weighted by molar-refractivity contribution is 5.81. The van der Waals surface area contributed by atoms with Gasteiger partial charge in [0.15, 0.2) is 6.10 Å². The Hall–Kier alpha value is -1.10. The SMILES string of the molecule is CC(C)CC(C(O)C(=O)NCC1CC1)N(C=O)CC1CC1. The van der Waals surface area contributed by atoms with Crippen LogP contribution in [0, 0.1) is 17.8 Å². The van der Waals surface area contributed by atoms with E-state index in [0.717, 1.165) is 32.1 Å². The first kappa shape index (κ1) is 16.3. The third-order valence-corrected chi connectivity index (χ3v) is 4.34. The number of nitrogens with one attached hydrogen (secondary N) is 1. The zero-order valence-corrected chi connectivity index (χ0v) is 13.1. The van der Waals surface area contributed by atoms with Gasteiger partial charge in [-0.15, -0.1) is 0 Å². The van der Waals surface area contributed by atoms with Gasteiger partial charge in [0.25, 0.3) is 5.91 Å². The molecule has 0 bridgehead atoms. The van der Waals surface area contributed by atoms with Crippen molar-refractivity contribution in [3.63, 3.8) is 0 Å². The number of hydrogen-bond donors (Lipinski definition) is 2. The summed E-state index contributed by atoms with van der Waals surface area (Å²) in [5, 5.41) is 13.2. The van der Waals surface area contributed by atoms with Crippen LogP contribution in [0.3, 0.4) is 0 Å². The van der Waals surface area contributed by atoms with Gasteiger partial charge in [-0.1, -0.05) is 13.8 Å². The van der Waals surface area contributed by atoms with Gasteiger partial charge < -0.3 is 15.3 Å². The van der Waals surface area contributed by atoms with Crippen LogP contribution in [0.5, 0.6) is 0 Å². The van der Waals surface area contributed by atoms with Crippen molar-refractivity contribution in [1.29, 1.82) is 0 Å². The smallest absolute Gasteiger partial charge is 0.251 e. The van der Waals surface area contributed by atoms with Crippen molar-refractivity contribution >= 4 is 12.3 Å². The molecule has 0 aromatic rings. The lowest BCUT2D eigenvalue weighted by molar-refractivity contribution is -0.136. The summed E-state index contributed by atoms with van der Waals surface area (Å²) in [5.74, 6) is 1.11. The predicted octanol–water partition coefficient (Wildman–Crippen LogP) is 1.16. The molecule has 5 heteroatoms. The van der Waals surface area contributed by atoms with E-state index in [1.54, 1.807) is 4.90 Å². The van der Waals surface area contributed by atoms with Crippen LogP contribution >= 0.6 is 0 Å². The number of nitrogens with zero attached hydrogens (tertiary/aromatic N) is 1. The Balaban J connectivity index is 1.93. The van der Waals surface area contributed by atoms with Gasteiger partial charge in [-0.2, -0.15) is 0 Å². The second-order valence-corrected chi connectivity index (χ2v) is 7.08. The van der Waals surface area contributed by atoms with E-state index in [4.69, 9.17) is 0 Å². The van der Waals surface area contributed by atoms with Crippen LogP contribution in [0.4, 0.5) is 0 Å². The van der Waals surface area contributed by atoms with Crippen LogP contribution in [0.25, 0.3) is 0 Å². The number of carbonyl (C=O) groups is 2. The van der Waals surface area contributed by atoms with Crippen LogP contribution in [0.1, 0.15) is 46.0 Å². The van der Waals surface area contributed by atoms with E-state index in [1.807, 2.05) is 13.8 Å². The Morgan fingerprint density at radius 2 is 1.90 bits per heavy atom. The molecular formula is C16H28N2O3. The average molecular weight is 296 g/mol. The van der Waals surface area contributed by atoms with E-state index in [2.05, 4.69) is 5.32 Å². The van der Waals surface area contributed by atoms with E-state index in [-0.39, 0.29) is 5.91 Å². The van der Waals surface area contributed by atoms with Crippen molar-refractivity contribution in [2.45, 2.75) is 58.1 Å². The van der Waals surface area contributed by atoms with Gasteiger partial charge in [0.1, 0.15) is 0 Å². The topological polar surface area (TPSA) is 69.6 Å². The molecule has 0 spiro atoms. The number of hydrogen-bond acceptors (Lipinski definition) is 3. The van der Waals surface area contributed by atoms with E-state index < -0.39 is 12.1 Å². The minimum Gasteiger partial charge on any atom is -0.381 e. The number of carbonyl (C=O) groups excluding carboxylic acids is 2. The molecule has 0 heterocycles. The fourth-order valence-electron chi connectivity index (χ4n) is 2.63. The van der Waals surface area contributed by atoms with Gasteiger partial charge in [0, 0.05) is 13.1 Å². The minimum atomic E-state index is -1.13. The van der Waals surface area contributed by atoms with Crippen LogP contribution in [0.15, 0.2) is 0 Å². The Kier molecular flexibility index (Phi) is 5.62. The Labute approximate surface area is 127 Å². The lowest BCUT2D eigenvalue weighted by atomic mass is 9.97. The molecule has 0 aromatic carbocycles. The quantitative estimate of drug-likeness (QED) is 0.594. The first-order valence-electron chi connectivity index (χ1n) is 8.18. The largest absolute Gasteiger partial charge is 0.381 e. The maximum Gasteiger partial charge on any atom is 0.251 e. The van der Waals surface area contributed by atoms with Gasteiger partial charge >= 0.3 is 0 Å². The molecule has 2 unspecified atom stereocenters. The first-order chi connectivity index (χ1) is 10.0. The second-order valence-electron chi connectivity index (χ2n) is 7.08.